The van der Waals surface area contributed by atoms with Crippen LogP contribution < -0.4 is 10.1 Å². The first-order valence-electron chi connectivity index (χ1n) is 4.97. The number of amides is 1. The number of cyclic esters (lactones) is 1. The van der Waals surface area contributed by atoms with Crippen molar-refractivity contribution in [2.75, 3.05) is 13.2 Å². The van der Waals surface area contributed by atoms with Crippen LogP contribution in [0.15, 0.2) is 24.3 Å². The minimum Gasteiger partial charge on any atom is -0.494 e. The van der Waals surface area contributed by atoms with Crippen molar-refractivity contribution in [3.05, 3.63) is 29.8 Å². The van der Waals surface area contributed by atoms with Gasteiger partial charge in [-0.3, -0.25) is 0 Å². The lowest BCUT2D eigenvalue weighted by Gasteiger charge is -2.09. The fourth-order valence-corrected chi connectivity index (χ4v) is 1.52. The monoisotopic (exact) mass is 207 g/mol. The van der Waals surface area contributed by atoms with E-state index in [0.29, 0.717) is 13.2 Å². The summed E-state index contributed by atoms with van der Waals surface area (Å²) in [5, 5.41) is 2.62. The zero-order chi connectivity index (χ0) is 10.7. The molecule has 1 aliphatic rings. The molecule has 4 heteroatoms. The maximum Gasteiger partial charge on any atom is 0.407 e. The molecule has 4 nitrogen and oxygen atoms in total. The Bertz CT molecular complexity index is 347. The molecule has 1 fully saturated rings. The third-order valence-corrected chi connectivity index (χ3v) is 2.24. The Kier molecular flexibility index (Phi) is 2.76. The average Bonchev–Trinajstić information content (AvgIpc) is 2.67. The second kappa shape index (κ2) is 4.21. The summed E-state index contributed by atoms with van der Waals surface area (Å²) in [6, 6.07) is 7.59. The molecular weight excluding hydrogens is 194 g/mol. The van der Waals surface area contributed by atoms with Gasteiger partial charge in [0.05, 0.1) is 13.2 Å². The van der Waals surface area contributed by atoms with Crippen LogP contribution >= 0.6 is 0 Å². The summed E-state index contributed by atoms with van der Waals surface area (Å²) in [6.07, 6.45) is -0.526. The molecule has 0 aliphatic carbocycles. The molecule has 0 radical (unpaired) electrons. The molecule has 1 aromatic carbocycles. The Morgan fingerprint density at radius 3 is 2.73 bits per heavy atom. The molecule has 0 spiro atoms. The van der Waals surface area contributed by atoms with Crippen LogP contribution in [0.2, 0.25) is 0 Å². The van der Waals surface area contributed by atoms with E-state index in [2.05, 4.69) is 5.32 Å². The maximum atomic E-state index is 10.8. The van der Waals surface area contributed by atoms with Crippen LogP contribution in [0.1, 0.15) is 18.6 Å². The zero-order valence-corrected chi connectivity index (χ0v) is 8.53. The van der Waals surface area contributed by atoms with E-state index in [4.69, 9.17) is 9.47 Å². The first-order chi connectivity index (χ1) is 7.29. The van der Waals surface area contributed by atoms with Crippen LogP contribution in [0.25, 0.3) is 0 Å². The third kappa shape index (κ3) is 2.21. The van der Waals surface area contributed by atoms with Crippen molar-refractivity contribution in [3.63, 3.8) is 0 Å². The summed E-state index contributed by atoms with van der Waals surface area (Å²) < 4.78 is 10.4. The first kappa shape index (κ1) is 9.83. The summed E-state index contributed by atoms with van der Waals surface area (Å²) in [7, 11) is 0. The van der Waals surface area contributed by atoms with Gasteiger partial charge in [0, 0.05) is 0 Å². The lowest BCUT2D eigenvalue weighted by molar-refractivity contribution is 0.141. The molecule has 0 saturated carbocycles. The van der Waals surface area contributed by atoms with Gasteiger partial charge in [0.25, 0.3) is 0 Å². The van der Waals surface area contributed by atoms with Crippen molar-refractivity contribution >= 4 is 6.09 Å². The Balaban J connectivity index is 2.06. The second-order valence-corrected chi connectivity index (χ2v) is 3.28. The first-order valence-corrected chi connectivity index (χ1v) is 4.97. The number of benzene rings is 1. The van der Waals surface area contributed by atoms with Gasteiger partial charge in [-0.15, -0.1) is 0 Å². The molecule has 80 valence electrons. The lowest BCUT2D eigenvalue weighted by atomic mass is 10.1. The van der Waals surface area contributed by atoms with Crippen molar-refractivity contribution in [2.45, 2.75) is 13.0 Å². The highest BCUT2D eigenvalue weighted by molar-refractivity contribution is 5.69. The van der Waals surface area contributed by atoms with Crippen LogP contribution in [-0.4, -0.2) is 19.2 Å². The predicted octanol–water partition coefficient (Wildman–Crippen LogP) is 1.87. The van der Waals surface area contributed by atoms with Gasteiger partial charge < -0.3 is 14.8 Å². The minimum absolute atomic E-state index is 0.173. The Morgan fingerprint density at radius 1 is 1.47 bits per heavy atom. The van der Waals surface area contributed by atoms with E-state index < -0.39 is 0 Å². The molecule has 15 heavy (non-hydrogen) atoms. The molecule has 1 amide bonds. The molecule has 1 atom stereocenters. The number of rotatable bonds is 3. The van der Waals surface area contributed by atoms with Gasteiger partial charge in [-0.2, -0.15) is 0 Å². The molecule has 1 N–H and O–H groups in total. The molecule has 1 aliphatic heterocycles. The SMILES string of the molecule is CCOc1ccc(C2CNC(=O)O2)cc1. The number of alkyl carbamates (subject to hydrolysis) is 1. The van der Waals surface area contributed by atoms with Crippen LogP contribution in [0.5, 0.6) is 5.75 Å². The Hall–Kier alpha value is -1.71. The lowest BCUT2D eigenvalue weighted by Crippen LogP contribution is -2.12. The van der Waals surface area contributed by atoms with E-state index in [1.807, 2.05) is 31.2 Å². The molecule has 1 saturated heterocycles. The van der Waals surface area contributed by atoms with Crippen molar-refractivity contribution in [2.24, 2.45) is 0 Å². The highest BCUT2D eigenvalue weighted by Gasteiger charge is 2.23. The maximum absolute atomic E-state index is 10.8. The topological polar surface area (TPSA) is 47.6 Å². The Labute approximate surface area is 88.2 Å². The summed E-state index contributed by atoms with van der Waals surface area (Å²) in [4.78, 5) is 10.8. The van der Waals surface area contributed by atoms with E-state index in [0.717, 1.165) is 11.3 Å². The number of carbonyl (C=O) groups is 1. The standard InChI is InChI=1S/C11H13NO3/c1-2-14-9-5-3-8(4-6-9)10-7-12-11(13)15-10/h3-6,10H,2,7H2,1H3,(H,12,13). The normalized spacial score (nSPS) is 19.5. The molecular formula is C11H13NO3. The molecule has 1 unspecified atom stereocenters. The van der Waals surface area contributed by atoms with Gasteiger partial charge in [0.1, 0.15) is 11.9 Å². The number of hydrogen-bond donors (Lipinski definition) is 1. The predicted molar refractivity (Wildman–Crippen MR) is 54.8 cm³/mol. The van der Waals surface area contributed by atoms with Crippen LogP contribution in [0, 0.1) is 0 Å². The van der Waals surface area contributed by atoms with Crippen molar-refractivity contribution in [1.29, 1.82) is 0 Å². The largest absolute Gasteiger partial charge is 0.494 e. The van der Waals surface area contributed by atoms with E-state index in [1.165, 1.54) is 0 Å². The van der Waals surface area contributed by atoms with Gasteiger partial charge >= 0.3 is 6.09 Å². The van der Waals surface area contributed by atoms with Gasteiger partial charge in [0.2, 0.25) is 0 Å². The minimum atomic E-state index is -0.353. The van der Waals surface area contributed by atoms with Gasteiger partial charge in [-0.05, 0) is 24.6 Å². The number of hydrogen-bond acceptors (Lipinski definition) is 3. The van der Waals surface area contributed by atoms with Crippen molar-refractivity contribution < 1.29 is 14.3 Å². The van der Waals surface area contributed by atoms with Crippen molar-refractivity contribution in [1.82, 2.24) is 5.32 Å². The molecule has 0 aromatic heterocycles. The molecule has 2 rings (SSSR count). The van der Waals surface area contributed by atoms with E-state index >= 15 is 0 Å². The average molecular weight is 207 g/mol. The quantitative estimate of drug-likeness (QED) is 0.823. The number of nitrogens with one attached hydrogen (secondary N) is 1. The summed E-state index contributed by atoms with van der Waals surface area (Å²) in [5.41, 5.74) is 0.983. The summed E-state index contributed by atoms with van der Waals surface area (Å²) in [6.45, 7) is 3.13. The van der Waals surface area contributed by atoms with E-state index in [-0.39, 0.29) is 12.2 Å². The van der Waals surface area contributed by atoms with Crippen molar-refractivity contribution in [3.8, 4) is 5.75 Å². The number of carbonyl (C=O) groups excluding carboxylic acids is 1. The van der Waals surface area contributed by atoms with E-state index in [9.17, 15) is 4.79 Å². The van der Waals surface area contributed by atoms with Crippen LogP contribution in [-0.2, 0) is 4.74 Å². The smallest absolute Gasteiger partial charge is 0.407 e. The second-order valence-electron chi connectivity index (χ2n) is 3.28. The zero-order valence-electron chi connectivity index (χ0n) is 8.53. The molecule has 0 bridgehead atoms. The molecule has 1 heterocycles. The fourth-order valence-electron chi connectivity index (χ4n) is 1.52. The molecule has 1 aromatic rings. The van der Waals surface area contributed by atoms with Gasteiger partial charge in [-0.25, -0.2) is 4.79 Å². The summed E-state index contributed by atoms with van der Waals surface area (Å²) >= 11 is 0. The third-order valence-electron chi connectivity index (χ3n) is 2.24. The Morgan fingerprint density at radius 2 is 2.20 bits per heavy atom. The van der Waals surface area contributed by atoms with Gasteiger partial charge in [-0.1, -0.05) is 12.1 Å². The van der Waals surface area contributed by atoms with Gasteiger partial charge in [0.15, 0.2) is 0 Å². The number of ether oxygens (including phenoxy) is 2. The summed E-state index contributed by atoms with van der Waals surface area (Å²) in [5.74, 6) is 0.832. The van der Waals surface area contributed by atoms with Crippen LogP contribution in [0.4, 0.5) is 4.79 Å². The van der Waals surface area contributed by atoms with Crippen LogP contribution in [0.3, 0.4) is 0 Å². The highest BCUT2D eigenvalue weighted by atomic mass is 16.6. The fraction of sp³-hybridized carbons (Fsp3) is 0.364. The van der Waals surface area contributed by atoms with E-state index in [1.54, 1.807) is 0 Å². The highest BCUT2D eigenvalue weighted by Crippen LogP contribution is 2.22.